The first kappa shape index (κ1) is 28.6. The molecule has 1 N–H and O–H groups in total. The minimum atomic E-state index is -3.63. The minimum Gasteiger partial charge on any atom is -0.379 e. The fourth-order valence-electron chi connectivity index (χ4n) is 4.24. The summed E-state index contributed by atoms with van der Waals surface area (Å²) in [5.41, 5.74) is 2.61. The maximum Gasteiger partial charge on any atom is 0.228 e. The zero-order valence-corrected chi connectivity index (χ0v) is 23.9. The largest absolute Gasteiger partial charge is 0.379 e. The monoisotopic (exact) mass is 535 g/mol. The fraction of sp³-hybridized carbons (Fsp3) is 0.615. The highest BCUT2D eigenvalue weighted by atomic mass is 32.2. The standard InChI is InChI=1S/C26H41N5O3S2/c1-20(2)17-31-24(16-27-26(31)36(32,33)19-23-9-7-6-8-22(23)5)18-30(25(35)28-21(3)4)11-10-29-12-14-34-15-13-29/h6-9,16,20-21H,10-15,17-19H2,1-5H3,(H,28,35). The maximum absolute atomic E-state index is 13.5. The molecule has 1 fully saturated rings. The lowest BCUT2D eigenvalue weighted by Gasteiger charge is -2.32. The van der Waals surface area contributed by atoms with E-state index in [0.29, 0.717) is 18.2 Å². The molecule has 200 valence electrons. The van der Waals surface area contributed by atoms with E-state index < -0.39 is 9.84 Å². The zero-order valence-electron chi connectivity index (χ0n) is 22.2. The van der Waals surface area contributed by atoms with Gasteiger partial charge in [-0.25, -0.2) is 13.4 Å². The van der Waals surface area contributed by atoms with Crippen molar-refractivity contribution in [2.24, 2.45) is 5.92 Å². The Kier molecular flexibility index (Phi) is 10.3. The van der Waals surface area contributed by atoms with Crippen molar-refractivity contribution in [3.05, 3.63) is 47.3 Å². The maximum atomic E-state index is 13.5. The molecule has 10 heteroatoms. The van der Waals surface area contributed by atoms with E-state index in [1.807, 2.05) is 35.8 Å². The predicted molar refractivity (Wildman–Crippen MR) is 148 cm³/mol. The summed E-state index contributed by atoms with van der Waals surface area (Å²) >= 11 is 5.75. The number of hydrogen-bond acceptors (Lipinski definition) is 6. The number of thiocarbonyl (C=S) groups is 1. The number of benzene rings is 1. The molecule has 0 radical (unpaired) electrons. The van der Waals surface area contributed by atoms with Crippen molar-refractivity contribution in [2.45, 2.75) is 64.7 Å². The third-order valence-corrected chi connectivity index (χ3v) is 8.13. The van der Waals surface area contributed by atoms with Crippen LogP contribution in [0.3, 0.4) is 0 Å². The first-order chi connectivity index (χ1) is 17.1. The van der Waals surface area contributed by atoms with Crippen molar-refractivity contribution in [1.82, 2.24) is 24.7 Å². The van der Waals surface area contributed by atoms with Gasteiger partial charge in [-0.3, -0.25) is 4.90 Å². The summed E-state index contributed by atoms with van der Waals surface area (Å²) < 4.78 is 34.4. The predicted octanol–water partition coefficient (Wildman–Crippen LogP) is 3.24. The van der Waals surface area contributed by atoms with Gasteiger partial charge in [-0.2, -0.15) is 0 Å². The lowest BCUT2D eigenvalue weighted by Crippen LogP contribution is -2.47. The number of morpholine rings is 1. The van der Waals surface area contributed by atoms with Gasteiger partial charge in [0.05, 0.1) is 37.4 Å². The van der Waals surface area contributed by atoms with E-state index in [0.717, 1.165) is 56.2 Å². The molecule has 1 aliphatic heterocycles. The van der Waals surface area contributed by atoms with Gasteiger partial charge in [-0.05, 0) is 50.0 Å². The number of aromatic nitrogens is 2. The molecule has 1 aromatic heterocycles. The Hall–Kier alpha value is -2.01. The highest BCUT2D eigenvalue weighted by molar-refractivity contribution is 7.90. The Morgan fingerprint density at radius 1 is 1.19 bits per heavy atom. The van der Waals surface area contributed by atoms with Crippen LogP contribution in [0.4, 0.5) is 0 Å². The lowest BCUT2D eigenvalue weighted by atomic mass is 10.1. The van der Waals surface area contributed by atoms with E-state index in [1.54, 1.807) is 6.20 Å². The molecule has 0 spiro atoms. The summed E-state index contributed by atoms with van der Waals surface area (Å²) in [5, 5.41) is 4.15. The topological polar surface area (TPSA) is 79.7 Å². The highest BCUT2D eigenvalue weighted by Gasteiger charge is 2.26. The zero-order chi connectivity index (χ0) is 26.3. The number of nitrogens with zero attached hydrogens (tertiary/aromatic N) is 4. The van der Waals surface area contributed by atoms with Gasteiger partial charge in [0.25, 0.3) is 0 Å². The number of aryl methyl sites for hydroxylation is 1. The SMILES string of the molecule is Cc1ccccc1CS(=O)(=O)c1ncc(CN(CCN2CCOCC2)C(=S)NC(C)C)n1CC(C)C. The van der Waals surface area contributed by atoms with Crippen molar-refractivity contribution in [3.63, 3.8) is 0 Å². The molecule has 8 nitrogen and oxygen atoms in total. The van der Waals surface area contributed by atoms with Crippen LogP contribution in [0.1, 0.15) is 44.5 Å². The second-order valence-electron chi connectivity index (χ2n) is 10.2. The minimum absolute atomic E-state index is 0.0672. The van der Waals surface area contributed by atoms with E-state index in [4.69, 9.17) is 17.0 Å². The van der Waals surface area contributed by atoms with Crippen LogP contribution in [0.5, 0.6) is 0 Å². The molecule has 0 unspecified atom stereocenters. The molecule has 1 aromatic carbocycles. The highest BCUT2D eigenvalue weighted by Crippen LogP contribution is 2.22. The third-order valence-electron chi connectivity index (χ3n) is 6.18. The Balaban J connectivity index is 1.87. The number of ether oxygens (including phenoxy) is 1. The fourth-order valence-corrected chi connectivity index (χ4v) is 6.24. The first-order valence-corrected chi connectivity index (χ1v) is 14.8. The molecule has 3 rings (SSSR count). The van der Waals surface area contributed by atoms with Crippen molar-refractivity contribution >= 4 is 27.2 Å². The van der Waals surface area contributed by atoms with Gasteiger partial charge in [-0.15, -0.1) is 0 Å². The van der Waals surface area contributed by atoms with Gasteiger partial charge in [0.2, 0.25) is 15.0 Å². The summed E-state index contributed by atoms with van der Waals surface area (Å²) in [7, 11) is -3.63. The molecule has 2 heterocycles. The average Bonchev–Trinajstić information content (AvgIpc) is 3.20. The van der Waals surface area contributed by atoms with Crippen molar-refractivity contribution in [1.29, 1.82) is 0 Å². The molecular formula is C26H41N5O3S2. The van der Waals surface area contributed by atoms with E-state index in [2.05, 4.69) is 47.8 Å². The summed E-state index contributed by atoms with van der Waals surface area (Å²) in [6.07, 6.45) is 1.70. The van der Waals surface area contributed by atoms with E-state index >= 15 is 0 Å². The molecule has 0 atom stereocenters. The molecule has 0 amide bonds. The molecule has 2 aromatic rings. The molecular weight excluding hydrogens is 494 g/mol. The van der Waals surface area contributed by atoms with Crippen LogP contribution in [-0.4, -0.2) is 78.3 Å². The second-order valence-corrected chi connectivity index (χ2v) is 12.5. The number of sulfone groups is 1. The molecule has 0 aliphatic carbocycles. The van der Waals surface area contributed by atoms with Gasteiger partial charge < -0.3 is 19.5 Å². The van der Waals surface area contributed by atoms with Crippen LogP contribution in [0.25, 0.3) is 0 Å². The molecule has 36 heavy (non-hydrogen) atoms. The summed E-state index contributed by atoms with van der Waals surface area (Å²) in [6, 6.07) is 7.80. The van der Waals surface area contributed by atoms with Gasteiger partial charge in [0.1, 0.15) is 0 Å². The number of imidazole rings is 1. The van der Waals surface area contributed by atoms with Crippen LogP contribution >= 0.6 is 12.2 Å². The summed E-state index contributed by atoms with van der Waals surface area (Å²) in [5.74, 6) is 0.190. The van der Waals surface area contributed by atoms with Crippen LogP contribution in [0.2, 0.25) is 0 Å². The van der Waals surface area contributed by atoms with Gasteiger partial charge >= 0.3 is 0 Å². The van der Waals surface area contributed by atoms with E-state index in [1.165, 1.54) is 0 Å². The first-order valence-electron chi connectivity index (χ1n) is 12.7. The Morgan fingerprint density at radius 3 is 2.53 bits per heavy atom. The van der Waals surface area contributed by atoms with Crippen LogP contribution < -0.4 is 5.32 Å². The lowest BCUT2D eigenvalue weighted by molar-refractivity contribution is 0.0356. The number of nitrogens with one attached hydrogen (secondary N) is 1. The van der Waals surface area contributed by atoms with Gasteiger partial charge in [0.15, 0.2) is 5.11 Å². The van der Waals surface area contributed by atoms with Crippen molar-refractivity contribution in [2.75, 3.05) is 39.4 Å². The average molecular weight is 536 g/mol. The second kappa shape index (κ2) is 13.0. The van der Waals surface area contributed by atoms with Crippen molar-refractivity contribution in [3.8, 4) is 0 Å². The molecule has 1 aliphatic rings. The normalized spacial score (nSPS) is 15.0. The van der Waals surface area contributed by atoms with E-state index in [9.17, 15) is 8.42 Å². The van der Waals surface area contributed by atoms with Crippen LogP contribution in [0, 0.1) is 12.8 Å². The Morgan fingerprint density at radius 2 is 1.89 bits per heavy atom. The van der Waals surface area contributed by atoms with E-state index in [-0.39, 0.29) is 22.9 Å². The molecule has 1 saturated heterocycles. The smallest absolute Gasteiger partial charge is 0.228 e. The quantitative estimate of drug-likeness (QED) is 0.440. The van der Waals surface area contributed by atoms with Gasteiger partial charge in [-0.1, -0.05) is 38.1 Å². The van der Waals surface area contributed by atoms with Gasteiger partial charge in [0, 0.05) is 38.8 Å². The Labute approximate surface area is 221 Å². The van der Waals surface area contributed by atoms with Crippen molar-refractivity contribution < 1.29 is 13.2 Å². The number of hydrogen-bond donors (Lipinski definition) is 1. The summed E-state index contributed by atoms with van der Waals surface area (Å²) in [6.45, 7) is 16.2. The Bertz CT molecular complexity index is 1110. The van der Waals surface area contributed by atoms with Crippen LogP contribution in [0.15, 0.2) is 35.6 Å². The summed E-state index contributed by atoms with van der Waals surface area (Å²) in [4.78, 5) is 8.94. The molecule has 0 bridgehead atoms. The third kappa shape index (κ3) is 7.99. The molecule has 0 saturated carbocycles. The van der Waals surface area contributed by atoms with Crippen LogP contribution in [-0.2, 0) is 33.4 Å². The number of rotatable bonds is 11.